The van der Waals surface area contributed by atoms with Crippen molar-refractivity contribution in [3.63, 3.8) is 0 Å². The largest absolute Gasteiger partial charge is 0.384 e. The summed E-state index contributed by atoms with van der Waals surface area (Å²) in [6, 6.07) is 0. The standard InChI is InChI=1S/C9H19NO/c1-5-7-9(11,6-2)8(3)10-4/h11H,5-7H2,1-4H3. The van der Waals surface area contributed by atoms with Crippen LogP contribution >= 0.6 is 0 Å². The van der Waals surface area contributed by atoms with Gasteiger partial charge in [0.25, 0.3) is 0 Å². The van der Waals surface area contributed by atoms with Crippen molar-refractivity contribution in [1.29, 1.82) is 0 Å². The molecule has 2 heteroatoms. The molecule has 0 heterocycles. The Morgan fingerprint density at radius 3 is 2.27 bits per heavy atom. The molecule has 0 radical (unpaired) electrons. The third-order valence-electron chi connectivity index (χ3n) is 2.26. The lowest BCUT2D eigenvalue weighted by molar-refractivity contribution is 0.0964. The van der Waals surface area contributed by atoms with Gasteiger partial charge in [-0.15, -0.1) is 0 Å². The summed E-state index contributed by atoms with van der Waals surface area (Å²) >= 11 is 0. The van der Waals surface area contributed by atoms with Gasteiger partial charge < -0.3 is 5.11 Å². The van der Waals surface area contributed by atoms with Gasteiger partial charge in [0.2, 0.25) is 0 Å². The molecule has 0 bridgehead atoms. The average Bonchev–Trinajstić information content (AvgIpc) is 2.03. The minimum atomic E-state index is -0.649. The summed E-state index contributed by atoms with van der Waals surface area (Å²) in [4.78, 5) is 4.02. The first-order chi connectivity index (χ1) is 5.10. The van der Waals surface area contributed by atoms with Crippen LogP contribution in [-0.2, 0) is 0 Å². The van der Waals surface area contributed by atoms with E-state index in [2.05, 4.69) is 11.9 Å². The summed E-state index contributed by atoms with van der Waals surface area (Å²) in [6.07, 6.45) is 2.56. The minimum absolute atomic E-state index is 0.649. The van der Waals surface area contributed by atoms with Crippen LogP contribution in [-0.4, -0.2) is 23.5 Å². The molecule has 0 rings (SSSR count). The van der Waals surface area contributed by atoms with E-state index in [1.165, 1.54) is 0 Å². The second-order valence-corrected chi connectivity index (χ2v) is 2.94. The van der Waals surface area contributed by atoms with Gasteiger partial charge in [-0.3, -0.25) is 4.99 Å². The fraction of sp³-hybridized carbons (Fsp3) is 0.889. The number of hydrogen-bond donors (Lipinski definition) is 1. The molecule has 0 aromatic heterocycles. The highest BCUT2D eigenvalue weighted by Gasteiger charge is 2.26. The van der Waals surface area contributed by atoms with Crippen LogP contribution in [0.2, 0.25) is 0 Å². The molecule has 0 spiro atoms. The quantitative estimate of drug-likeness (QED) is 0.622. The van der Waals surface area contributed by atoms with E-state index in [1.807, 2.05) is 13.8 Å². The van der Waals surface area contributed by atoms with Crippen molar-refractivity contribution in [2.24, 2.45) is 4.99 Å². The van der Waals surface area contributed by atoms with E-state index in [4.69, 9.17) is 0 Å². The Kier molecular flexibility index (Phi) is 4.34. The molecule has 0 amide bonds. The van der Waals surface area contributed by atoms with Gasteiger partial charge in [-0.25, -0.2) is 0 Å². The molecular weight excluding hydrogens is 138 g/mol. The number of aliphatic hydroxyl groups is 1. The van der Waals surface area contributed by atoms with Gasteiger partial charge in [-0.05, 0) is 19.8 Å². The van der Waals surface area contributed by atoms with Gasteiger partial charge in [-0.1, -0.05) is 20.3 Å². The smallest absolute Gasteiger partial charge is 0.102 e. The molecule has 0 aliphatic carbocycles. The van der Waals surface area contributed by atoms with Crippen LogP contribution in [0.5, 0.6) is 0 Å². The maximum atomic E-state index is 9.96. The van der Waals surface area contributed by atoms with Crippen LogP contribution in [0.15, 0.2) is 4.99 Å². The van der Waals surface area contributed by atoms with E-state index in [9.17, 15) is 5.11 Å². The van der Waals surface area contributed by atoms with Gasteiger partial charge in [0.15, 0.2) is 0 Å². The lowest BCUT2D eigenvalue weighted by Gasteiger charge is -2.25. The highest BCUT2D eigenvalue weighted by atomic mass is 16.3. The minimum Gasteiger partial charge on any atom is -0.384 e. The molecular formula is C9H19NO. The Hall–Kier alpha value is -0.370. The Labute approximate surface area is 69.3 Å². The van der Waals surface area contributed by atoms with E-state index in [1.54, 1.807) is 7.05 Å². The van der Waals surface area contributed by atoms with Gasteiger partial charge in [-0.2, -0.15) is 0 Å². The van der Waals surface area contributed by atoms with Crippen LogP contribution in [0.1, 0.15) is 40.0 Å². The van der Waals surface area contributed by atoms with Gasteiger partial charge in [0.05, 0.1) is 0 Å². The van der Waals surface area contributed by atoms with Crippen LogP contribution in [0.25, 0.3) is 0 Å². The molecule has 1 N–H and O–H groups in total. The van der Waals surface area contributed by atoms with Crippen molar-refractivity contribution >= 4 is 5.71 Å². The molecule has 0 aliphatic rings. The molecule has 66 valence electrons. The first kappa shape index (κ1) is 10.6. The molecule has 0 aliphatic heterocycles. The third kappa shape index (κ3) is 2.62. The summed E-state index contributed by atoms with van der Waals surface area (Å²) in [7, 11) is 1.73. The predicted molar refractivity (Wildman–Crippen MR) is 49.2 cm³/mol. The van der Waals surface area contributed by atoms with Crippen LogP contribution in [0, 0.1) is 0 Å². The van der Waals surface area contributed by atoms with Crippen molar-refractivity contribution in [3.8, 4) is 0 Å². The highest BCUT2D eigenvalue weighted by Crippen LogP contribution is 2.18. The average molecular weight is 157 g/mol. The second kappa shape index (κ2) is 4.50. The first-order valence-corrected chi connectivity index (χ1v) is 4.27. The SMILES string of the molecule is CCCC(O)(CC)C(C)=NC. The molecule has 1 atom stereocenters. The number of nitrogens with zero attached hydrogens (tertiary/aromatic N) is 1. The van der Waals surface area contributed by atoms with Crippen molar-refractivity contribution in [2.45, 2.75) is 45.6 Å². The fourth-order valence-electron chi connectivity index (χ4n) is 1.24. The zero-order valence-electron chi connectivity index (χ0n) is 8.02. The van der Waals surface area contributed by atoms with Crippen molar-refractivity contribution in [3.05, 3.63) is 0 Å². The monoisotopic (exact) mass is 157 g/mol. The van der Waals surface area contributed by atoms with E-state index in [-0.39, 0.29) is 0 Å². The van der Waals surface area contributed by atoms with Crippen molar-refractivity contribution < 1.29 is 5.11 Å². The Morgan fingerprint density at radius 2 is 2.00 bits per heavy atom. The number of hydrogen-bond acceptors (Lipinski definition) is 2. The third-order valence-corrected chi connectivity index (χ3v) is 2.26. The summed E-state index contributed by atoms with van der Waals surface area (Å²) < 4.78 is 0. The summed E-state index contributed by atoms with van der Waals surface area (Å²) in [5, 5.41) is 9.96. The van der Waals surface area contributed by atoms with Crippen LogP contribution < -0.4 is 0 Å². The first-order valence-electron chi connectivity index (χ1n) is 4.27. The second-order valence-electron chi connectivity index (χ2n) is 2.94. The zero-order valence-corrected chi connectivity index (χ0v) is 8.02. The molecule has 0 saturated heterocycles. The van der Waals surface area contributed by atoms with E-state index in [0.717, 1.165) is 25.0 Å². The van der Waals surface area contributed by atoms with E-state index in [0.29, 0.717) is 0 Å². The Bertz CT molecular complexity index is 142. The molecule has 11 heavy (non-hydrogen) atoms. The lowest BCUT2D eigenvalue weighted by Crippen LogP contribution is -2.35. The van der Waals surface area contributed by atoms with Crippen LogP contribution in [0.4, 0.5) is 0 Å². The predicted octanol–water partition coefficient (Wildman–Crippen LogP) is 2.02. The van der Waals surface area contributed by atoms with Gasteiger partial charge in [0.1, 0.15) is 5.60 Å². The molecule has 0 fully saturated rings. The maximum absolute atomic E-state index is 9.96. The normalized spacial score (nSPS) is 18.1. The topological polar surface area (TPSA) is 32.6 Å². The van der Waals surface area contributed by atoms with Crippen molar-refractivity contribution in [1.82, 2.24) is 0 Å². The van der Waals surface area contributed by atoms with E-state index < -0.39 is 5.60 Å². The molecule has 2 nitrogen and oxygen atoms in total. The van der Waals surface area contributed by atoms with E-state index >= 15 is 0 Å². The molecule has 0 saturated carbocycles. The number of aliphatic imine (C=N–C) groups is 1. The fourth-order valence-corrected chi connectivity index (χ4v) is 1.24. The van der Waals surface area contributed by atoms with Gasteiger partial charge in [0, 0.05) is 12.8 Å². The summed E-state index contributed by atoms with van der Waals surface area (Å²) in [6.45, 7) is 5.95. The lowest BCUT2D eigenvalue weighted by atomic mass is 9.90. The molecule has 0 aromatic carbocycles. The Balaban J connectivity index is 4.32. The summed E-state index contributed by atoms with van der Waals surface area (Å²) in [5.41, 5.74) is 0.200. The Morgan fingerprint density at radius 1 is 1.45 bits per heavy atom. The van der Waals surface area contributed by atoms with Crippen LogP contribution in [0.3, 0.4) is 0 Å². The zero-order chi connectivity index (χ0) is 8.91. The maximum Gasteiger partial charge on any atom is 0.102 e. The molecule has 1 unspecified atom stereocenters. The van der Waals surface area contributed by atoms with Gasteiger partial charge >= 0.3 is 0 Å². The highest BCUT2D eigenvalue weighted by molar-refractivity contribution is 5.89. The molecule has 0 aromatic rings. The van der Waals surface area contributed by atoms with Crippen molar-refractivity contribution in [2.75, 3.05) is 7.05 Å². The number of rotatable bonds is 4. The summed E-state index contributed by atoms with van der Waals surface area (Å²) in [5.74, 6) is 0.